The van der Waals surface area contributed by atoms with Gasteiger partial charge in [-0.25, -0.2) is 0 Å². The van der Waals surface area contributed by atoms with Crippen LogP contribution in [0.25, 0.3) is 0 Å². The first-order chi connectivity index (χ1) is 13.6. The van der Waals surface area contributed by atoms with Crippen molar-refractivity contribution < 1.29 is 9.53 Å². The van der Waals surface area contributed by atoms with Crippen LogP contribution in [-0.4, -0.2) is 26.4 Å². The first kappa shape index (κ1) is 19.9. The molecule has 0 aliphatic rings. The number of hydrogen-bond donors (Lipinski definition) is 1. The van der Waals surface area contributed by atoms with Crippen LogP contribution < -0.4 is 10.1 Å². The maximum Gasteiger partial charge on any atom is 0.234 e. The molecular weight excluding hydrogens is 372 g/mol. The number of carbonyl (C=O) groups excluding carboxylic acids is 1. The molecule has 146 valence electrons. The van der Waals surface area contributed by atoms with E-state index in [1.54, 1.807) is 0 Å². The molecule has 2 aromatic carbocycles. The number of hydrogen-bond acceptors (Lipinski definition) is 5. The quantitative estimate of drug-likeness (QED) is 0.577. The minimum absolute atomic E-state index is 0.0823. The summed E-state index contributed by atoms with van der Waals surface area (Å²) in [7, 11) is 1.88. The van der Waals surface area contributed by atoms with E-state index in [1.165, 1.54) is 17.3 Å². The fraction of sp³-hybridized carbons (Fsp3) is 0.286. The zero-order chi connectivity index (χ0) is 19.9. The van der Waals surface area contributed by atoms with Crippen LogP contribution in [0.5, 0.6) is 5.75 Å². The van der Waals surface area contributed by atoms with Crippen LogP contribution in [0.3, 0.4) is 0 Å². The molecule has 28 heavy (non-hydrogen) atoms. The number of nitrogens with one attached hydrogen (secondary N) is 1. The van der Waals surface area contributed by atoms with Crippen molar-refractivity contribution in [3.63, 3.8) is 0 Å². The topological polar surface area (TPSA) is 69.0 Å². The maximum atomic E-state index is 12.1. The van der Waals surface area contributed by atoms with E-state index in [4.69, 9.17) is 4.74 Å². The van der Waals surface area contributed by atoms with Crippen molar-refractivity contribution >= 4 is 23.4 Å². The van der Waals surface area contributed by atoms with Crippen molar-refractivity contribution in [1.82, 2.24) is 14.8 Å². The summed E-state index contributed by atoms with van der Waals surface area (Å²) in [5.74, 6) is 1.69. The monoisotopic (exact) mass is 396 g/mol. The smallest absolute Gasteiger partial charge is 0.234 e. The standard InChI is InChI=1S/C21H24N4O2S/c1-4-16-10-12-18(13-11-16)27-15(2)20-23-24-21(25(20)3)28-14-19(26)22-17-8-6-5-7-9-17/h5-13,15H,4,14H2,1-3H3,(H,22,26)/t15-/m0/s1. The van der Waals surface area contributed by atoms with Gasteiger partial charge in [0.05, 0.1) is 5.75 Å². The molecule has 0 unspecified atom stereocenters. The normalized spacial score (nSPS) is 11.8. The summed E-state index contributed by atoms with van der Waals surface area (Å²) in [5.41, 5.74) is 2.05. The molecule has 3 aromatic rings. The number of ether oxygens (including phenoxy) is 1. The van der Waals surface area contributed by atoms with E-state index < -0.39 is 0 Å². The molecule has 0 saturated heterocycles. The summed E-state index contributed by atoms with van der Waals surface area (Å²) in [6, 6.07) is 17.4. The molecule has 0 aliphatic carbocycles. The maximum absolute atomic E-state index is 12.1. The van der Waals surface area contributed by atoms with Crippen LogP contribution in [0.15, 0.2) is 59.8 Å². The molecule has 0 saturated carbocycles. The van der Waals surface area contributed by atoms with Gasteiger partial charge in [-0.05, 0) is 43.2 Å². The Morgan fingerprint density at radius 2 is 1.86 bits per heavy atom. The highest BCUT2D eigenvalue weighted by atomic mass is 32.2. The molecule has 6 nitrogen and oxygen atoms in total. The van der Waals surface area contributed by atoms with Gasteiger partial charge in [-0.3, -0.25) is 4.79 Å². The van der Waals surface area contributed by atoms with E-state index in [2.05, 4.69) is 34.6 Å². The molecule has 1 N–H and O–H groups in total. The third kappa shape index (κ3) is 5.13. The highest BCUT2D eigenvalue weighted by Gasteiger charge is 2.18. The molecule has 1 aromatic heterocycles. The van der Waals surface area contributed by atoms with Crippen molar-refractivity contribution in [2.45, 2.75) is 31.5 Å². The number of aromatic nitrogens is 3. The lowest BCUT2D eigenvalue weighted by Crippen LogP contribution is -2.14. The number of carbonyl (C=O) groups is 1. The predicted octanol–water partition coefficient (Wildman–Crippen LogP) is 4.25. The third-order valence-corrected chi connectivity index (χ3v) is 5.29. The van der Waals surface area contributed by atoms with E-state index >= 15 is 0 Å². The van der Waals surface area contributed by atoms with Crippen LogP contribution in [0.1, 0.15) is 31.3 Å². The Kier molecular flexibility index (Phi) is 6.71. The third-order valence-electron chi connectivity index (χ3n) is 4.27. The van der Waals surface area contributed by atoms with E-state index in [0.29, 0.717) is 11.0 Å². The number of benzene rings is 2. The zero-order valence-corrected chi connectivity index (χ0v) is 17.1. The van der Waals surface area contributed by atoms with Crippen LogP contribution in [-0.2, 0) is 18.3 Å². The van der Waals surface area contributed by atoms with Gasteiger partial charge in [0.15, 0.2) is 17.1 Å². The Hall–Kier alpha value is -2.80. The van der Waals surface area contributed by atoms with Gasteiger partial charge >= 0.3 is 0 Å². The Morgan fingerprint density at radius 3 is 2.54 bits per heavy atom. The van der Waals surface area contributed by atoms with Crippen molar-refractivity contribution in [3.05, 3.63) is 66.0 Å². The van der Waals surface area contributed by atoms with E-state index in [-0.39, 0.29) is 17.8 Å². The lowest BCUT2D eigenvalue weighted by molar-refractivity contribution is -0.113. The second-order valence-electron chi connectivity index (χ2n) is 6.36. The predicted molar refractivity (Wildman–Crippen MR) is 112 cm³/mol. The summed E-state index contributed by atoms with van der Waals surface area (Å²) in [6.07, 6.45) is 0.745. The largest absolute Gasteiger partial charge is 0.483 e. The van der Waals surface area contributed by atoms with E-state index in [1.807, 2.05) is 61.0 Å². The first-order valence-electron chi connectivity index (χ1n) is 9.19. The number of nitrogens with zero attached hydrogens (tertiary/aromatic N) is 3. The Bertz CT molecular complexity index is 910. The summed E-state index contributed by atoms with van der Waals surface area (Å²) < 4.78 is 7.85. The lowest BCUT2D eigenvalue weighted by Gasteiger charge is -2.14. The highest BCUT2D eigenvalue weighted by Crippen LogP contribution is 2.24. The molecule has 0 radical (unpaired) electrons. The highest BCUT2D eigenvalue weighted by molar-refractivity contribution is 7.99. The fourth-order valence-corrected chi connectivity index (χ4v) is 3.43. The van der Waals surface area contributed by atoms with Gasteiger partial charge in [-0.1, -0.05) is 49.0 Å². The van der Waals surface area contributed by atoms with Gasteiger partial charge in [0, 0.05) is 12.7 Å². The fourth-order valence-electron chi connectivity index (χ4n) is 2.72. The average molecular weight is 397 g/mol. The molecule has 0 fully saturated rings. The number of aryl methyl sites for hydroxylation is 1. The van der Waals surface area contributed by atoms with Gasteiger partial charge in [0.2, 0.25) is 5.91 Å². The summed E-state index contributed by atoms with van der Waals surface area (Å²) in [5, 5.41) is 12.0. The van der Waals surface area contributed by atoms with Gasteiger partial charge in [0.25, 0.3) is 0 Å². The summed E-state index contributed by atoms with van der Waals surface area (Å²) in [4.78, 5) is 12.1. The molecule has 0 spiro atoms. The molecule has 7 heteroatoms. The number of rotatable bonds is 8. The first-order valence-corrected chi connectivity index (χ1v) is 10.2. The SMILES string of the molecule is CCc1ccc(O[C@@H](C)c2nnc(SCC(=O)Nc3ccccc3)n2C)cc1. The van der Waals surface area contributed by atoms with Gasteiger partial charge < -0.3 is 14.6 Å². The zero-order valence-electron chi connectivity index (χ0n) is 16.3. The number of amides is 1. The van der Waals surface area contributed by atoms with Gasteiger partial charge in [0.1, 0.15) is 5.75 Å². The van der Waals surface area contributed by atoms with Gasteiger partial charge in [-0.2, -0.15) is 0 Å². The Morgan fingerprint density at radius 1 is 1.14 bits per heavy atom. The Labute approximate surface area is 169 Å². The van der Waals surface area contributed by atoms with Crippen LogP contribution in [0.4, 0.5) is 5.69 Å². The number of thioether (sulfide) groups is 1. The molecule has 1 heterocycles. The number of anilines is 1. The van der Waals surface area contributed by atoms with Crippen molar-refractivity contribution in [2.24, 2.45) is 7.05 Å². The molecule has 3 rings (SSSR count). The van der Waals surface area contributed by atoms with Crippen molar-refractivity contribution in [3.8, 4) is 5.75 Å². The van der Waals surface area contributed by atoms with Crippen molar-refractivity contribution in [1.29, 1.82) is 0 Å². The second kappa shape index (κ2) is 9.41. The molecule has 0 bridgehead atoms. The number of para-hydroxylation sites is 1. The Balaban J connectivity index is 1.57. The summed E-state index contributed by atoms with van der Waals surface area (Å²) in [6.45, 7) is 4.06. The van der Waals surface area contributed by atoms with E-state index in [9.17, 15) is 4.79 Å². The van der Waals surface area contributed by atoms with Gasteiger partial charge in [-0.15, -0.1) is 10.2 Å². The lowest BCUT2D eigenvalue weighted by atomic mass is 10.2. The second-order valence-corrected chi connectivity index (χ2v) is 7.30. The van der Waals surface area contributed by atoms with Crippen LogP contribution in [0.2, 0.25) is 0 Å². The molecular formula is C21H24N4O2S. The minimum atomic E-state index is -0.252. The molecule has 1 amide bonds. The average Bonchev–Trinajstić information content (AvgIpc) is 3.08. The minimum Gasteiger partial charge on any atom is -0.483 e. The van der Waals surface area contributed by atoms with E-state index in [0.717, 1.165) is 17.9 Å². The molecule has 0 aliphatic heterocycles. The summed E-state index contributed by atoms with van der Waals surface area (Å²) >= 11 is 1.35. The van der Waals surface area contributed by atoms with Crippen LogP contribution >= 0.6 is 11.8 Å². The molecule has 1 atom stereocenters. The van der Waals surface area contributed by atoms with Crippen LogP contribution in [0, 0.1) is 0 Å². The van der Waals surface area contributed by atoms with Crippen molar-refractivity contribution in [2.75, 3.05) is 11.1 Å².